The molecule has 0 aromatic carbocycles. The average molecular weight is 219 g/mol. The summed E-state index contributed by atoms with van der Waals surface area (Å²) in [6.07, 6.45) is 3.12. The number of rotatable bonds is 3. The van der Waals surface area contributed by atoms with Gasteiger partial charge in [0, 0.05) is 17.8 Å². The molecule has 0 aliphatic rings. The lowest BCUT2D eigenvalue weighted by Crippen LogP contribution is -2.14. The van der Waals surface area contributed by atoms with Crippen LogP contribution in [0.4, 0.5) is 0 Å². The molecule has 90 valence electrons. The monoisotopic (exact) mass is 219 g/mol. The van der Waals surface area contributed by atoms with Crippen molar-refractivity contribution in [1.29, 1.82) is 0 Å². The van der Waals surface area contributed by atoms with Crippen LogP contribution in [0.15, 0.2) is 18.3 Å². The highest BCUT2D eigenvalue weighted by atomic mass is 14.7. The fourth-order valence-corrected chi connectivity index (χ4v) is 2.14. The van der Waals surface area contributed by atoms with Crippen LogP contribution in [0.25, 0.3) is 0 Å². The summed E-state index contributed by atoms with van der Waals surface area (Å²) < 4.78 is 0. The Kier molecular flexibility index (Phi) is 4.12. The third-order valence-corrected chi connectivity index (χ3v) is 3.27. The fourth-order valence-electron chi connectivity index (χ4n) is 2.14. The first kappa shape index (κ1) is 13.2. The summed E-state index contributed by atoms with van der Waals surface area (Å²) in [5.41, 5.74) is 2.86. The van der Waals surface area contributed by atoms with E-state index in [-0.39, 0.29) is 5.41 Å². The van der Waals surface area contributed by atoms with E-state index >= 15 is 0 Å². The maximum absolute atomic E-state index is 4.55. The Bertz CT molecular complexity index is 334. The van der Waals surface area contributed by atoms with E-state index in [0.29, 0.717) is 11.8 Å². The Balaban J connectivity index is 3.07. The van der Waals surface area contributed by atoms with Crippen molar-refractivity contribution in [3.05, 3.63) is 29.6 Å². The van der Waals surface area contributed by atoms with Crippen LogP contribution in [0.3, 0.4) is 0 Å². The lowest BCUT2D eigenvalue weighted by molar-refractivity contribution is 0.472. The fraction of sp³-hybridized carbons (Fsp3) is 0.667. The van der Waals surface area contributed by atoms with Gasteiger partial charge in [-0.25, -0.2) is 0 Å². The second kappa shape index (κ2) is 4.99. The van der Waals surface area contributed by atoms with E-state index in [1.807, 2.05) is 6.20 Å². The van der Waals surface area contributed by atoms with Crippen LogP contribution in [0.1, 0.15) is 65.1 Å². The van der Waals surface area contributed by atoms with E-state index < -0.39 is 0 Å². The summed E-state index contributed by atoms with van der Waals surface area (Å²) in [5, 5.41) is 0. The Hall–Kier alpha value is -0.850. The van der Waals surface area contributed by atoms with Gasteiger partial charge in [-0.1, -0.05) is 41.5 Å². The van der Waals surface area contributed by atoms with Gasteiger partial charge in [-0.2, -0.15) is 0 Å². The van der Waals surface area contributed by atoms with Crippen LogP contribution >= 0.6 is 0 Å². The van der Waals surface area contributed by atoms with E-state index in [0.717, 1.165) is 6.42 Å². The molecule has 1 atom stereocenters. The summed E-state index contributed by atoms with van der Waals surface area (Å²) in [4.78, 5) is 4.55. The van der Waals surface area contributed by atoms with E-state index in [2.05, 4.69) is 58.7 Å². The number of pyridine rings is 1. The topological polar surface area (TPSA) is 12.9 Å². The molecule has 1 rings (SSSR count). The van der Waals surface area contributed by atoms with E-state index in [4.69, 9.17) is 0 Å². The van der Waals surface area contributed by atoms with E-state index in [1.54, 1.807) is 0 Å². The molecule has 1 aromatic rings. The van der Waals surface area contributed by atoms with Gasteiger partial charge in [-0.3, -0.25) is 4.98 Å². The molecule has 16 heavy (non-hydrogen) atoms. The van der Waals surface area contributed by atoms with E-state index in [9.17, 15) is 0 Å². The largest absolute Gasteiger partial charge is 0.261 e. The maximum atomic E-state index is 4.55. The highest BCUT2D eigenvalue weighted by molar-refractivity contribution is 5.25. The quantitative estimate of drug-likeness (QED) is 0.728. The Morgan fingerprint density at radius 1 is 1.25 bits per heavy atom. The minimum atomic E-state index is 0.215. The van der Waals surface area contributed by atoms with Crippen LogP contribution in [-0.4, -0.2) is 4.98 Å². The predicted molar refractivity (Wildman–Crippen MR) is 70.8 cm³/mol. The molecule has 0 fully saturated rings. The van der Waals surface area contributed by atoms with Crippen molar-refractivity contribution in [1.82, 2.24) is 4.98 Å². The summed E-state index contributed by atoms with van der Waals surface area (Å²) in [6.45, 7) is 13.6. The third kappa shape index (κ3) is 3.07. The van der Waals surface area contributed by atoms with Crippen molar-refractivity contribution in [3.8, 4) is 0 Å². The van der Waals surface area contributed by atoms with Gasteiger partial charge in [0.1, 0.15) is 0 Å². The van der Waals surface area contributed by atoms with Crippen molar-refractivity contribution in [3.63, 3.8) is 0 Å². The third-order valence-electron chi connectivity index (χ3n) is 3.27. The van der Waals surface area contributed by atoms with Crippen molar-refractivity contribution in [2.45, 2.75) is 59.3 Å². The van der Waals surface area contributed by atoms with Crippen LogP contribution in [0, 0.1) is 5.92 Å². The number of nitrogens with zero attached hydrogens (tertiary/aromatic N) is 1. The molecule has 0 N–H and O–H groups in total. The van der Waals surface area contributed by atoms with Crippen molar-refractivity contribution in [2.24, 2.45) is 5.92 Å². The average Bonchev–Trinajstić information content (AvgIpc) is 2.17. The van der Waals surface area contributed by atoms with Gasteiger partial charge < -0.3 is 0 Å². The van der Waals surface area contributed by atoms with E-state index in [1.165, 1.54) is 11.3 Å². The van der Waals surface area contributed by atoms with Gasteiger partial charge in [0.05, 0.1) is 0 Å². The summed E-state index contributed by atoms with van der Waals surface area (Å²) in [6, 6.07) is 4.42. The first-order valence-electron chi connectivity index (χ1n) is 6.32. The van der Waals surface area contributed by atoms with Gasteiger partial charge in [-0.05, 0) is 35.4 Å². The lowest BCUT2D eigenvalue weighted by Gasteiger charge is -2.23. The van der Waals surface area contributed by atoms with Crippen molar-refractivity contribution in [2.75, 3.05) is 0 Å². The minimum absolute atomic E-state index is 0.215. The van der Waals surface area contributed by atoms with Crippen molar-refractivity contribution < 1.29 is 0 Å². The van der Waals surface area contributed by atoms with Crippen LogP contribution < -0.4 is 0 Å². The highest BCUT2D eigenvalue weighted by Gasteiger charge is 2.19. The van der Waals surface area contributed by atoms with Crippen LogP contribution in [0.5, 0.6) is 0 Å². The van der Waals surface area contributed by atoms with Gasteiger partial charge in [-0.15, -0.1) is 0 Å². The first-order valence-corrected chi connectivity index (χ1v) is 6.32. The van der Waals surface area contributed by atoms with Gasteiger partial charge in [0.2, 0.25) is 0 Å². The smallest absolute Gasteiger partial charge is 0.0439 e. The zero-order chi connectivity index (χ0) is 12.3. The van der Waals surface area contributed by atoms with Gasteiger partial charge in [0.25, 0.3) is 0 Å². The minimum Gasteiger partial charge on any atom is -0.261 e. The predicted octanol–water partition coefficient (Wildman–Crippen LogP) is 4.53. The van der Waals surface area contributed by atoms with Crippen molar-refractivity contribution >= 4 is 0 Å². The summed E-state index contributed by atoms with van der Waals surface area (Å²) in [5.74, 6) is 1.25. The zero-order valence-corrected chi connectivity index (χ0v) is 11.5. The molecular weight excluding hydrogens is 194 g/mol. The molecule has 0 bridgehead atoms. The SMILES string of the molecule is CCC(c1cc(C(C)(C)C)ccn1)C(C)C. The van der Waals surface area contributed by atoms with Crippen LogP contribution in [-0.2, 0) is 5.41 Å². The Morgan fingerprint density at radius 3 is 2.31 bits per heavy atom. The molecule has 1 nitrogen and oxygen atoms in total. The standard InChI is InChI=1S/C15H25N/c1-7-13(11(2)3)14-10-12(8-9-16-14)15(4,5)6/h8-11,13H,7H2,1-6H3. The molecule has 0 saturated carbocycles. The molecule has 1 heteroatoms. The van der Waals surface area contributed by atoms with Gasteiger partial charge >= 0.3 is 0 Å². The second-order valence-electron chi connectivity index (χ2n) is 5.98. The van der Waals surface area contributed by atoms with Crippen LogP contribution in [0.2, 0.25) is 0 Å². The first-order chi connectivity index (χ1) is 7.36. The zero-order valence-electron chi connectivity index (χ0n) is 11.5. The molecule has 0 aliphatic carbocycles. The summed E-state index contributed by atoms with van der Waals surface area (Å²) in [7, 11) is 0. The number of hydrogen-bond donors (Lipinski definition) is 0. The molecule has 1 unspecified atom stereocenters. The summed E-state index contributed by atoms with van der Waals surface area (Å²) >= 11 is 0. The normalized spacial score (nSPS) is 14.2. The molecule has 0 amide bonds. The maximum Gasteiger partial charge on any atom is 0.0439 e. The lowest BCUT2D eigenvalue weighted by atomic mass is 9.84. The molecule has 1 heterocycles. The second-order valence-corrected chi connectivity index (χ2v) is 5.98. The highest BCUT2D eigenvalue weighted by Crippen LogP contribution is 2.29. The molecule has 0 aliphatic heterocycles. The van der Waals surface area contributed by atoms with Gasteiger partial charge in [0.15, 0.2) is 0 Å². The molecule has 1 aromatic heterocycles. The number of aromatic nitrogens is 1. The Labute approximate surface area is 100 Å². The Morgan fingerprint density at radius 2 is 1.88 bits per heavy atom. The molecule has 0 radical (unpaired) electrons. The molecular formula is C15H25N. The molecule has 0 saturated heterocycles. The number of hydrogen-bond acceptors (Lipinski definition) is 1. The molecule has 0 spiro atoms.